The summed E-state index contributed by atoms with van der Waals surface area (Å²) >= 11 is 0. The van der Waals surface area contributed by atoms with Gasteiger partial charge in [-0.1, -0.05) is 12.7 Å². The van der Waals surface area contributed by atoms with E-state index in [2.05, 4.69) is 17.9 Å². The second-order valence-corrected chi connectivity index (χ2v) is 1.92. The van der Waals surface area contributed by atoms with E-state index in [1.165, 1.54) is 6.08 Å². The number of hydrogen-bond donors (Lipinski definition) is 0. The van der Waals surface area contributed by atoms with E-state index in [0.29, 0.717) is 0 Å². The van der Waals surface area contributed by atoms with Gasteiger partial charge in [-0.2, -0.15) is 0 Å². The predicted octanol–water partition coefficient (Wildman–Crippen LogP) is 1.16. The minimum absolute atomic E-state index is 0.115. The molecule has 0 aliphatic heterocycles. The number of carbonyl (C=O) groups is 2. The van der Waals surface area contributed by atoms with Crippen molar-refractivity contribution in [3.63, 3.8) is 0 Å². The highest BCUT2D eigenvalue weighted by Gasteiger charge is 2.17. The third-order valence-corrected chi connectivity index (χ3v) is 0.958. The van der Waals surface area contributed by atoms with Crippen LogP contribution in [-0.4, -0.2) is 18.1 Å². The number of rotatable bonds is 4. The highest BCUT2D eigenvalue weighted by atomic mass is 19.1. The summed E-state index contributed by atoms with van der Waals surface area (Å²) in [6, 6.07) is 0. The lowest BCUT2D eigenvalue weighted by Crippen LogP contribution is -2.20. The third kappa shape index (κ3) is 3.65. The van der Waals surface area contributed by atoms with Gasteiger partial charge < -0.3 is 4.74 Å². The summed E-state index contributed by atoms with van der Waals surface area (Å²) in [5.41, 5.74) is 0. The van der Waals surface area contributed by atoms with Crippen LogP contribution in [0.25, 0.3) is 0 Å². The molecule has 4 heteroatoms. The lowest BCUT2D eigenvalue weighted by molar-refractivity contribution is -0.161. The number of hydrogen-bond acceptors (Lipinski definition) is 3. The molecule has 0 aromatic heterocycles. The molecule has 0 aromatic rings. The number of halogens is 1. The summed E-state index contributed by atoms with van der Waals surface area (Å²) in [5, 5.41) is 0. The van der Waals surface area contributed by atoms with Gasteiger partial charge in [0.05, 0.1) is 6.42 Å². The molecule has 0 spiro atoms. The average molecular weight is 172 g/mol. The van der Waals surface area contributed by atoms with E-state index in [9.17, 15) is 14.0 Å². The van der Waals surface area contributed by atoms with Gasteiger partial charge in [-0.25, -0.2) is 9.18 Å². The first-order chi connectivity index (χ1) is 5.61. The molecule has 0 aliphatic rings. The van der Waals surface area contributed by atoms with Crippen LogP contribution < -0.4 is 0 Å². The van der Waals surface area contributed by atoms with Crippen molar-refractivity contribution in [2.75, 3.05) is 0 Å². The summed E-state index contributed by atoms with van der Waals surface area (Å²) in [7, 11) is 0. The molecule has 3 nitrogen and oxygen atoms in total. The summed E-state index contributed by atoms with van der Waals surface area (Å²) in [4.78, 5) is 21.1. The van der Waals surface area contributed by atoms with Crippen LogP contribution in [0.3, 0.4) is 0 Å². The summed E-state index contributed by atoms with van der Waals surface area (Å²) < 4.78 is 16.4. The molecule has 0 rings (SSSR count). The van der Waals surface area contributed by atoms with Crippen LogP contribution in [0.2, 0.25) is 0 Å². The van der Waals surface area contributed by atoms with Crippen molar-refractivity contribution >= 4 is 11.9 Å². The lowest BCUT2D eigenvalue weighted by Gasteiger charge is -2.00. The van der Waals surface area contributed by atoms with Crippen LogP contribution in [-0.2, 0) is 14.3 Å². The van der Waals surface area contributed by atoms with Crippen LogP contribution in [0.15, 0.2) is 25.3 Å². The minimum atomic E-state index is -1.95. The zero-order valence-electron chi connectivity index (χ0n) is 6.46. The van der Waals surface area contributed by atoms with E-state index in [0.717, 1.165) is 6.08 Å². The van der Waals surface area contributed by atoms with Crippen molar-refractivity contribution < 1.29 is 18.7 Å². The Morgan fingerprint density at radius 1 is 1.50 bits per heavy atom. The Hall–Kier alpha value is -1.45. The summed E-state index contributed by atoms with van der Waals surface area (Å²) in [6.45, 7) is 6.27. The maximum Gasteiger partial charge on any atom is 0.352 e. The van der Waals surface area contributed by atoms with Gasteiger partial charge in [-0.3, -0.25) is 4.79 Å². The van der Waals surface area contributed by atoms with Crippen LogP contribution in [0.4, 0.5) is 4.39 Å². The molecule has 0 aromatic carbocycles. The predicted molar refractivity (Wildman–Crippen MR) is 41.0 cm³/mol. The fraction of sp³-hybridized carbons (Fsp3) is 0.250. The van der Waals surface area contributed by atoms with Gasteiger partial charge in [-0.05, 0) is 6.08 Å². The van der Waals surface area contributed by atoms with E-state index in [1.807, 2.05) is 0 Å². The minimum Gasteiger partial charge on any atom is -0.390 e. The number of ether oxygens (including phenoxy) is 1. The molecule has 0 saturated carbocycles. The Labute approximate surface area is 69.5 Å². The van der Waals surface area contributed by atoms with Crippen LogP contribution >= 0.6 is 0 Å². The number of alkyl halides is 1. The second-order valence-electron chi connectivity index (χ2n) is 1.92. The molecular formula is C8H9FO3. The molecule has 0 fully saturated rings. The van der Waals surface area contributed by atoms with Crippen molar-refractivity contribution in [1.29, 1.82) is 0 Å². The van der Waals surface area contributed by atoms with Crippen LogP contribution in [0, 0.1) is 0 Å². The van der Waals surface area contributed by atoms with Gasteiger partial charge in [0.25, 0.3) is 0 Å². The van der Waals surface area contributed by atoms with Gasteiger partial charge in [0.2, 0.25) is 6.17 Å². The van der Waals surface area contributed by atoms with Crippen LogP contribution in [0.5, 0.6) is 0 Å². The maximum atomic E-state index is 12.4. The normalized spacial score (nSPS) is 11.4. The summed E-state index contributed by atoms with van der Waals surface area (Å²) in [5.74, 6) is -2.06. The van der Waals surface area contributed by atoms with Crippen molar-refractivity contribution in [3.8, 4) is 0 Å². The first-order valence-corrected chi connectivity index (χ1v) is 3.24. The third-order valence-electron chi connectivity index (χ3n) is 0.958. The first kappa shape index (κ1) is 10.6. The van der Waals surface area contributed by atoms with Gasteiger partial charge >= 0.3 is 11.9 Å². The molecule has 0 N–H and O–H groups in total. The molecule has 0 amide bonds. The fourth-order valence-electron chi connectivity index (χ4n) is 0.424. The van der Waals surface area contributed by atoms with E-state index in [-0.39, 0.29) is 6.42 Å². The Morgan fingerprint density at radius 2 is 2.08 bits per heavy atom. The Kier molecular flexibility index (Phi) is 4.60. The van der Waals surface area contributed by atoms with Crippen molar-refractivity contribution in [1.82, 2.24) is 0 Å². The molecule has 0 heterocycles. The van der Waals surface area contributed by atoms with Crippen molar-refractivity contribution in [3.05, 3.63) is 25.3 Å². The molecule has 0 radical (unpaired) electrons. The van der Waals surface area contributed by atoms with Gasteiger partial charge in [0.1, 0.15) is 0 Å². The largest absolute Gasteiger partial charge is 0.390 e. The SMILES string of the molecule is C=CCC(=O)OC(=O)C(F)C=C. The monoisotopic (exact) mass is 172 g/mol. The quantitative estimate of drug-likeness (QED) is 0.363. The Balaban J connectivity index is 3.91. The van der Waals surface area contributed by atoms with Gasteiger partial charge in [0.15, 0.2) is 0 Å². The van der Waals surface area contributed by atoms with Gasteiger partial charge in [0, 0.05) is 0 Å². The molecule has 12 heavy (non-hydrogen) atoms. The standard InChI is InChI=1S/C8H9FO3/c1-3-5-7(10)12-8(11)6(9)4-2/h3-4,6H,1-2,5H2. The lowest BCUT2D eigenvalue weighted by atomic mass is 10.4. The highest BCUT2D eigenvalue weighted by molar-refractivity contribution is 5.89. The number of esters is 2. The first-order valence-electron chi connectivity index (χ1n) is 3.24. The fourth-order valence-corrected chi connectivity index (χ4v) is 0.424. The van der Waals surface area contributed by atoms with Gasteiger partial charge in [-0.15, -0.1) is 6.58 Å². The van der Waals surface area contributed by atoms with E-state index in [1.54, 1.807) is 0 Å². The topological polar surface area (TPSA) is 43.4 Å². The smallest absolute Gasteiger partial charge is 0.352 e. The molecule has 1 atom stereocenters. The zero-order chi connectivity index (χ0) is 9.56. The molecule has 1 unspecified atom stereocenters. The average Bonchev–Trinajstić information content (AvgIpc) is 2.03. The van der Waals surface area contributed by atoms with E-state index < -0.39 is 18.1 Å². The molecule has 66 valence electrons. The van der Waals surface area contributed by atoms with E-state index >= 15 is 0 Å². The van der Waals surface area contributed by atoms with Crippen molar-refractivity contribution in [2.45, 2.75) is 12.6 Å². The van der Waals surface area contributed by atoms with Crippen molar-refractivity contribution in [2.24, 2.45) is 0 Å². The Morgan fingerprint density at radius 3 is 2.50 bits per heavy atom. The highest BCUT2D eigenvalue weighted by Crippen LogP contribution is 1.97. The zero-order valence-corrected chi connectivity index (χ0v) is 6.46. The number of carbonyl (C=O) groups excluding carboxylic acids is 2. The molecule has 0 bridgehead atoms. The molecule has 0 aliphatic carbocycles. The summed E-state index contributed by atoms with van der Waals surface area (Å²) in [6.07, 6.45) is -0.0469. The van der Waals surface area contributed by atoms with E-state index in [4.69, 9.17) is 0 Å². The molecule has 0 saturated heterocycles. The van der Waals surface area contributed by atoms with Crippen LogP contribution in [0.1, 0.15) is 6.42 Å². The Bertz CT molecular complexity index is 210. The molecular weight excluding hydrogens is 163 g/mol. The maximum absolute atomic E-state index is 12.4. The second kappa shape index (κ2) is 5.23.